The summed E-state index contributed by atoms with van der Waals surface area (Å²) >= 11 is 4.27. The molecule has 2 aliphatic rings. The van der Waals surface area contributed by atoms with Gasteiger partial charge in [-0.15, -0.1) is 11.8 Å². The Labute approximate surface area is 199 Å². The van der Waals surface area contributed by atoms with Crippen LogP contribution in [0.25, 0.3) is 0 Å². The second kappa shape index (κ2) is 10.6. The Kier molecular flexibility index (Phi) is 7.81. The number of nitrogens with one attached hydrogen (secondary N) is 1. The van der Waals surface area contributed by atoms with E-state index in [1.165, 1.54) is 48.0 Å². The number of non-ortho nitro benzene ring substituents is 1. The van der Waals surface area contributed by atoms with E-state index in [4.69, 9.17) is 4.74 Å². The van der Waals surface area contributed by atoms with Gasteiger partial charge in [0, 0.05) is 17.9 Å². The number of hydrogen-bond acceptors (Lipinski definition) is 10. The average molecular weight is 541 g/mol. The number of thioether (sulfide) groups is 1. The molecule has 1 saturated heterocycles. The molecule has 1 fully saturated rings. The molecule has 2 heterocycles. The molecule has 33 heavy (non-hydrogen) atoms. The average Bonchev–Trinajstić information content (AvgIpc) is 2.83. The topological polar surface area (TPSA) is 158 Å². The molecule has 174 valence electrons. The summed E-state index contributed by atoms with van der Waals surface area (Å²) in [6.45, 7) is -0.139. The minimum atomic E-state index is -0.959. The number of fused-ring (bicyclic) bond motifs is 1. The van der Waals surface area contributed by atoms with Gasteiger partial charge in [0.2, 0.25) is 11.5 Å². The molecular weight excluding hydrogens is 524 g/mol. The molecular formula is C19H17BrN4O8S. The van der Waals surface area contributed by atoms with E-state index in [-0.39, 0.29) is 23.3 Å². The highest BCUT2D eigenvalue weighted by Gasteiger charge is 2.53. The van der Waals surface area contributed by atoms with Gasteiger partial charge in [0.15, 0.2) is 0 Å². The second-order valence-electron chi connectivity index (χ2n) is 6.65. The molecule has 12 nitrogen and oxygen atoms in total. The van der Waals surface area contributed by atoms with Gasteiger partial charge in [0.1, 0.15) is 30.8 Å². The van der Waals surface area contributed by atoms with Crippen LogP contribution in [0.2, 0.25) is 0 Å². The van der Waals surface area contributed by atoms with Crippen molar-refractivity contribution < 1.29 is 33.7 Å². The minimum Gasteiger partial charge on any atom is -0.456 e. The summed E-state index contributed by atoms with van der Waals surface area (Å²) < 4.78 is 5.25. The van der Waals surface area contributed by atoms with Crippen molar-refractivity contribution in [1.82, 2.24) is 10.2 Å². The number of Topliss-reactive ketones (excluding diaryl/α,β-unsaturated/α-hetero) is 1. The number of hydrogen-bond donors (Lipinski definition) is 1. The number of oxime groups is 1. The fourth-order valence-corrected chi connectivity index (χ4v) is 4.51. The van der Waals surface area contributed by atoms with Crippen molar-refractivity contribution in [1.29, 1.82) is 0 Å². The van der Waals surface area contributed by atoms with Gasteiger partial charge < -0.3 is 14.9 Å². The molecule has 3 rings (SSSR count). The zero-order valence-electron chi connectivity index (χ0n) is 17.1. The van der Waals surface area contributed by atoms with E-state index in [0.717, 1.165) is 0 Å². The van der Waals surface area contributed by atoms with Crippen molar-refractivity contribution in [3.63, 3.8) is 0 Å². The molecule has 2 amide bonds. The van der Waals surface area contributed by atoms with Crippen molar-refractivity contribution in [2.45, 2.75) is 18.0 Å². The van der Waals surface area contributed by atoms with Crippen molar-refractivity contribution in [2.24, 2.45) is 5.16 Å². The van der Waals surface area contributed by atoms with Crippen molar-refractivity contribution in [3.8, 4) is 0 Å². The normalized spacial score (nSPS) is 19.6. The van der Waals surface area contributed by atoms with Crippen LogP contribution in [0.3, 0.4) is 0 Å². The molecule has 14 heteroatoms. The molecule has 2 unspecified atom stereocenters. The van der Waals surface area contributed by atoms with E-state index < -0.39 is 45.6 Å². The lowest BCUT2D eigenvalue weighted by Gasteiger charge is -2.48. The first-order chi connectivity index (χ1) is 15.8. The molecule has 2 atom stereocenters. The summed E-state index contributed by atoms with van der Waals surface area (Å²) in [4.78, 5) is 65.4. The zero-order valence-corrected chi connectivity index (χ0v) is 19.5. The number of ether oxygens (including phenoxy) is 1. The van der Waals surface area contributed by atoms with Gasteiger partial charge in [-0.25, -0.2) is 4.79 Å². The van der Waals surface area contributed by atoms with Crippen LogP contribution in [-0.4, -0.2) is 68.7 Å². The Morgan fingerprint density at radius 1 is 1.33 bits per heavy atom. The number of benzene rings is 1. The summed E-state index contributed by atoms with van der Waals surface area (Å²) in [7, 11) is 1.18. The van der Waals surface area contributed by atoms with Crippen molar-refractivity contribution >= 4 is 62.7 Å². The largest absolute Gasteiger partial charge is 0.456 e. The maximum absolute atomic E-state index is 12.7. The molecule has 0 radical (unpaired) electrons. The molecule has 1 N–H and O–H groups in total. The number of β-lactam (4-membered cyclic amide) rings is 1. The Bertz CT molecular complexity index is 1060. The van der Waals surface area contributed by atoms with Gasteiger partial charge in [-0.1, -0.05) is 21.1 Å². The standard InChI is InChI=1S/C19H17BrN4O8S/c1-31-22-14(13(25)8-20)16(26)21-15-17(27)23-12(6-7-33-18(15)23)19(28)32-9-10-2-4-11(5-3-10)24(29)30/h2-6,15,18H,7-9H2,1H3,(H,21,26)/b22-14-. The molecule has 1 aromatic carbocycles. The highest BCUT2D eigenvalue weighted by Crippen LogP contribution is 2.37. The molecule has 0 aliphatic carbocycles. The number of nitrogens with zero attached hydrogens (tertiary/aromatic N) is 3. The third-order valence-corrected chi connectivity index (χ3v) is 6.34. The first-order valence-corrected chi connectivity index (χ1v) is 11.5. The molecule has 0 saturated carbocycles. The van der Waals surface area contributed by atoms with Crippen LogP contribution in [0.4, 0.5) is 5.69 Å². The zero-order chi connectivity index (χ0) is 24.1. The molecule has 0 bridgehead atoms. The number of ketones is 1. The Morgan fingerprint density at radius 3 is 2.64 bits per heavy atom. The highest BCUT2D eigenvalue weighted by atomic mass is 79.9. The lowest BCUT2D eigenvalue weighted by molar-refractivity contribution is -0.384. The van der Waals surface area contributed by atoms with E-state index in [1.54, 1.807) is 6.08 Å². The smallest absolute Gasteiger partial charge is 0.355 e. The van der Waals surface area contributed by atoms with Crippen LogP contribution in [0, 0.1) is 10.1 Å². The summed E-state index contributed by atoms with van der Waals surface area (Å²) in [6, 6.07) is 4.56. The molecule has 2 aliphatic heterocycles. The van der Waals surface area contributed by atoms with Gasteiger partial charge >= 0.3 is 5.97 Å². The number of carbonyl (C=O) groups is 4. The van der Waals surface area contributed by atoms with E-state index in [0.29, 0.717) is 11.3 Å². The molecule has 1 aromatic rings. The van der Waals surface area contributed by atoms with Crippen LogP contribution < -0.4 is 5.32 Å². The lowest BCUT2D eigenvalue weighted by Crippen LogP contribution is -2.70. The fraction of sp³-hybridized carbons (Fsp3) is 0.316. The minimum absolute atomic E-state index is 0.0403. The number of nitro groups is 1. The van der Waals surface area contributed by atoms with Gasteiger partial charge in [-0.2, -0.15) is 0 Å². The third-order valence-electron chi connectivity index (χ3n) is 4.64. The highest BCUT2D eigenvalue weighted by molar-refractivity contribution is 9.09. The summed E-state index contributed by atoms with van der Waals surface area (Å²) in [6.07, 6.45) is 1.54. The number of alkyl halides is 1. The van der Waals surface area contributed by atoms with Gasteiger partial charge in [-0.05, 0) is 23.8 Å². The quantitative estimate of drug-likeness (QED) is 0.0912. The van der Waals surface area contributed by atoms with Crippen LogP contribution in [0.5, 0.6) is 0 Å². The fourth-order valence-electron chi connectivity index (χ4n) is 3.05. The monoisotopic (exact) mass is 540 g/mol. The Hall–Kier alpha value is -3.26. The third kappa shape index (κ3) is 5.22. The Balaban J connectivity index is 1.62. The molecule has 0 aromatic heterocycles. The number of amides is 2. The second-order valence-corrected chi connectivity index (χ2v) is 8.36. The van der Waals surface area contributed by atoms with Crippen molar-refractivity contribution in [3.05, 3.63) is 51.7 Å². The first kappa shape index (κ1) is 24.4. The van der Waals surface area contributed by atoms with E-state index >= 15 is 0 Å². The van der Waals surface area contributed by atoms with Crippen LogP contribution in [0.1, 0.15) is 5.56 Å². The van der Waals surface area contributed by atoms with E-state index in [2.05, 4.69) is 31.2 Å². The van der Waals surface area contributed by atoms with E-state index in [1.807, 2.05) is 0 Å². The summed E-state index contributed by atoms with van der Waals surface area (Å²) in [5.74, 6) is -2.38. The number of rotatable bonds is 9. The number of nitro benzene ring substituents is 1. The van der Waals surface area contributed by atoms with Gasteiger partial charge in [0.05, 0.1) is 10.3 Å². The van der Waals surface area contributed by atoms with Crippen LogP contribution in [-0.2, 0) is 35.4 Å². The predicted molar refractivity (Wildman–Crippen MR) is 119 cm³/mol. The summed E-state index contributed by atoms with van der Waals surface area (Å²) in [5, 5.41) is 15.9. The lowest BCUT2D eigenvalue weighted by atomic mass is 10.0. The maximum Gasteiger partial charge on any atom is 0.355 e. The van der Waals surface area contributed by atoms with Crippen LogP contribution in [0.15, 0.2) is 41.2 Å². The summed E-state index contributed by atoms with van der Waals surface area (Å²) in [5.41, 5.74) is 0.00620. The first-order valence-electron chi connectivity index (χ1n) is 9.35. The predicted octanol–water partition coefficient (Wildman–Crippen LogP) is 0.888. The van der Waals surface area contributed by atoms with Crippen molar-refractivity contribution in [2.75, 3.05) is 18.2 Å². The SMILES string of the molecule is CO/N=C(/C(=O)CBr)C(=O)NC1C(=O)N2C(C(=O)OCc3ccc([N+](=O)[O-])cc3)=CCSC12. The van der Waals surface area contributed by atoms with Gasteiger partial charge in [0.25, 0.3) is 17.5 Å². The maximum atomic E-state index is 12.7. The van der Waals surface area contributed by atoms with E-state index in [9.17, 15) is 29.3 Å². The number of carbonyl (C=O) groups excluding carboxylic acids is 4. The van der Waals surface area contributed by atoms with Gasteiger partial charge in [-0.3, -0.25) is 29.4 Å². The number of halogens is 1. The Morgan fingerprint density at radius 2 is 2.03 bits per heavy atom. The number of esters is 1. The van der Waals surface area contributed by atoms with Crippen LogP contribution >= 0.6 is 27.7 Å². The molecule has 0 spiro atoms.